The van der Waals surface area contributed by atoms with Gasteiger partial charge in [0.15, 0.2) is 0 Å². The van der Waals surface area contributed by atoms with Crippen molar-refractivity contribution in [1.29, 1.82) is 0 Å². The Kier molecular flexibility index (Phi) is 1.77. The largest absolute Gasteiger partial charge is 0.305 e. The lowest BCUT2D eigenvalue weighted by Gasteiger charge is -1.96. The molecule has 0 aliphatic rings. The highest BCUT2D eigenvalue weighted by Crippen LogP contribution is 2.19. The van der Waals surface area contributed by atoms with E-state index in [1.54, 1.807) is 6.33 Å². The van der Waals surface area contributed by atoms with Crippen molar-refractivity contribution >= 4 is 17.1 Å². The number of aryl methyl sites for hydroxylation is 1. The monoisotopic (exact) mass is 180 g/mol. The van der Waals surface area contributed by atoms with Crippen LogP contribution in [0.25, 0.3) is 5.52 Å². The number of halogens is 1. The highest BCUT2D eigenvalue weighted by molar-refractivity contribution is 6.33. The summed E-state index contributed by atoms with van der Waals surface area (Å²) in [6, 6.07) is 3.80. The van der Waals surface area contributed by atoms with Crippen LogP contribution in [0.5, 0.6) is 0 Å². The van der Waals surface area contributed by atoms with Crippen molar-refractivity contribution in [3.05, 3.63) is 35.4 Å². The number of imidazole rings is 1. The molecule has 2 rings (SSSR count). The molecule has 0 saturated heterocycles. The highest BCUT2D eigenvalue weighted by Gasteiger charge is 2.04. The Hall–Kier alpha value is -1.02. The second-order valence-corrected chi connectivity index (χ2v) is 3.06. The van der Waals surface area contributed by atoms with Crippen molar-refractivity contribution in [2.24, 2.45) is 0 Å². The summed E-state index contributed by atoms with van der Waals surface area (Å²) in [7, 11) is 0. The molecule has 2 aromatic heterocycles. The third-order valence-electron chi connectivity index (χ3n) is 1.92. The maximum atomic E-state index is 6.02. The van der Waals surface area contributed by atoms with Crippen LogP contribution < -0.4 is 0 Å². The first kappa shape index (κ1) is 7.62. The maximum absolute atomic E-state index is 6.02. The second-order valence-electron chi connectivity index (χ2n) is 2.66. The van der Waals surface area contributed by atoms with Crippen molar-refractivity contribution in [3.63, 3.8) is 0 Å². The van der Waals surface area contributed by atoms with Gasteiger partial charge in [0.1, 0.15) is 0 Å². The van der Waals surface area contributed by atoms with Gasteiger partial charge in [0, 0.05) is 6.20 Å². The summed E-state index contributed by atoms with van der Waals surface area (Å²) in [5.41, 5.74) is 2.09. The fourth-order valence-corrected chi connectivity index (χ4v) is 1.61. The molecule has 0 aliphatic carbocycles. The molecule has 0 aromatic carbocycles. The van der Waals surface area contributed by atoms with Crippen molar-refractivity contribution in [3.8, 4) is 0 Å². The van der Waals surface area contributed by atoms with Crippen LogP contribution in [0.3, 0.4) is 0 Å². The molecule has 0 atom stereocenters. The van der Waals surface area contributed by atoms with Gasteiger partial charge in [0.05, 0.1) is 22.6 Å². The molecule has 0 spiro atoms. The number of hydrogen-bond acceptors (Lipinski definition) is 1. The maximum Gasteiger partial charge on any atom is 0.0995 e. The van der Waals surface area contributed by atoms with Crippen LogP contribution in [-0.2, 0) is 6.42 Å². The molecule has 0 aliphatic heterocycles. The third kappa shape index (κ3) is 0.994. The molecule has 2 aromatic rings. The first-order valence-electron chi connectivity index (χ1n) is 3.93. The molecule has 0 unspecified atom stereocenters. The molecule has 2 nitrogen and oxygen atoms in total. The van der Waals surface area contributed by atoms with Crippen LogP contribution in [0.1, 0.15) is 12.6 Å². The van der Waals surface area contributed by atoms with Crippen molar-refractivity contribution < 1.29 is 0 Å². The van der Waals surface area contributed by atoms with Crippen LogP contribution >= 0.6 is 11.6 Å². The zero-order chi connectivity index (χ0) is 8.55. The fraction of sp³-hybridized carbons (Fsp3) is 0.222. The quantitative estimate of drug-likeness (QED) is 0.660. The molecular weight excluding hydrogens is 172 g/mol. The summed E-state index contributed by atoms with van der Waals surface area (Å²) in [5.74, 6) is 0. The molecule has 0 fully saturated rings. The SMILES string of the molecule is CCc1ncn2cccc(Cl)c12. The first-order valence-corrected chi connectivity index (χ1v) is 4.30. The van der Waals surface area contributed by atoms with E-state index in [1.165, 1.54) is 0 Å². The van der Waals surface area contributed by atoms with Gasteiger partial charge in [0.25, 0.3) is 0 Å². The Bertz CT molecular complexity index is 406. The van der Waals surface area contributed by atoms with Crippen LogP contribution in [0.4, 0.5) is 0 Å². The third-order valence-corrected chi connectivity index (χ3v) is 2.22. The van der Waals surface area contributed by atoms with Gasteiger partial charge in [-0.15, -0.1) is 0 Å². The Balaban J connectivity index is 2.83. The van der Waals surface area contributed by atoms with E-state index < -0.39 is 0 Å². The van der Waals surface area contributed by atoms with Gasteiger partial charge >= 0.3 is 0 Å². The van der Waals surface area contributed by atoms with E-state index in [0.29, 0.717) is 0 Å². The number of aromatic nitrogens is 2. The van der Waals surface area contributed by atoms with Gasteiger partial charge in [-0.05, 0) is 18.6 Å². The molecule has 62 valence electrons. The minimum absolute atomic E-state index is 0.770. The Morgan fingerprint density at radius 1 is 1.58 bits per heavy atom. The van der Waals surface area contributed by atoms with Gasteiger partial charge in [0.2, 0.25) is 0 Å². The fourth-order valence-electron chi connectivity index (χ4n) is 1.33. The summed E-state index contributed by atoms with van der Waals surface area (Å²) in [6.45, 7) is 2.08. The summed E-state index contributed by atoms with van der Waals surface area (Å²) in [4.78, 5) is 4.25. The normalized spacial score (nSPS) is 10.8. The van der Waals surface area contributed by atoms with E-state index >= 15 is 0 Å². The van der Waals surface area contributed by atoms with E-state index in [2.05, 4.69) is 11.9 Å². The molecule has 0 saturated carbocycles. The standard InChI is InChI=1S/C9H9ClN2/c1-2-8-9-7(10)4-3-5-12(9)6-11-8/h3-6H,2H2,1H3. The molecule has 0 N–H and O–H groups in total. The lowest BCUT2D eigenvalue weighted by Crippen LogP contribution is -1.84. The summed E-state index contributed by atoms with van der Waals surface area (Å²) >= 11 is 6.02. The van der Waals surface area contributed by atoms with Crippen molar-refractivity contribution in [1.82, 2.24) is 9.38 Å². The number of rotatable bonds is 1. The van der Waals surface area contributed by atoms with Gasteiger partial charge < -0.3 is 4.40 Å². The lowest BCUT2D eigenvalue weighted by molar-refractivity contribution is 1.07. The average molecular weight is 181 g/mol. The number of nitrogens with zero attached hydrogens (tertiary/aromatic N) is 2. The van der Waals surface area contributed by atoms with Gasteiger partial charge in [-0.2, -0.15) is 0 Å². The lowest BCUT2D eigenvalue weighted by atomic mass is 10.3. The van der Waals surface area contributed by atoms with Crippen molar-refractivity contribution in [2.75, 3.05) is 0 Å². The zero-order valence-electron chi connectivity index (χ0n) is 6.79. The Morgan fingerprint density at radius 2 is 2.42 bits per heavy atom. The number of hydrogen-bond donors (Lipinski definition) is 0. The van der Waals surface area contributed by atoms with Crippen LogP contribution in [0.15, 0.2) is 24.7 Å². The van der Waals surface area contributed by atoms with Crippen molar-refractivity contribution in [2.45, 2.75) is 13.3 Å². The molecule has 12 heavy (non-hydrogen) atoms. The second kappa shape index (κ2) is 2.79. The predicted octanol–water partition coefficient (Wildman–Crippen LogP) is 2.55. The highest BCUT2D eigenvalue weighted by atomic mass is 35.5. The van der Waals surface area contributed by atoms with E-state index in [-0.39, 0.29) is 0 Å². The minimum Gasteiger partial charge on any atom is -0.305 e. The van der Waals surface area contributed by atoms with Gasteiger partial charge in [-0.25, -0.2) is 4.98 Å². The van der Waals surface area contributed by atoms with Crippen LogP contribution in [-0.4, -0.2) is 9.38 Å². The van der Waals surface area contributed by atoms with E-state index in [0.717, 1.165) is 22.7 Å². The number of pyridine rings is 1. The topological polar surface area (TPSA) is 17.3 Å². The molecule has 2 heterocycles. The molecule has 0 radical (unpaired) electrons. The molecule has 0 bridgehead atoms. The molecule has 0 amide bonds. The molecular formula is C9H9ClN2. The first-order chi connectivity index (χ1) is 5.83. The Labute approximate surface area is 75.8 Å². The number of fused-ring (bicyclic) bond motifs is 1. The summed E-state index contributed by atoms with van der Waals surface area (Å²) in [6.07, 6.45) is 4.66. The van der Waals surface area contributed by atoms with Gasteiger partial charge in [-0.1, -0.05) is 18.5 Å². The smallest absolute Gasteiger partial charge is 0.0995 e. The van der Waals surface area contributed by atoms with E-state index in [1.807, 2.05) is 22.7 Å². The average Bonchev–Trinajstić information content (AvgIpc) is 2.49. The van der Waals surface area contributed by atoms with E-state index in [9.17, 15) is 0 Å². The Morgan fingerprint density at radius 3 is 3.17 bits per heavy atom. The summed E-state index contributed by atoms with van der Waals surface area (Å²) in [5, 5.41) is 0.770. The van der Waals surface area contributed by atoms with E-state index in [4.69, 9.17) is 11.6 Å². The van der Waals surface area contributed by atoms with Crippen LogP contribution in [0.2, 0.25) is 5.02 Å². The molecule has 3 heteroatoms. The minimum atomic E-state index is 0.770. The predicted molar refractivity (Wildman–Crippen MR) is 49.6 cm³/mol. The van der Waals surface area contributed by atoms with Crippen LogP contribution in [0, 0.1) is 0 Å². The van der Waals surface area contributed by atoms with Gasteiger partial charge in [-0.3, -0.25) is 0 Å². The zero-order valence-corrected chi connectivity index (χ0v) is 7.54. The summed E-state index contributed by atoms with van der Waals surface area (Å²) < 4.78 is 1.95.